The minimum Gasteiger partial charge on any atom is -0.367 e. The Hall–Kier alpha value is -2.28. The molecule has 0 aromatic heterocycles. The number of rotatable bonds is 8. The predicted octanol–water partition coefficient (Wildman–Crippen LogP) is 7.01. The average Bonchev–Trinajstić information content (AvgIpc) is 2.66. The van der Waals surface area contributed by atoms with Crippen LogP contribution >= 0.6 is 0 Å². The van der Waals surface area contributed by atoms with Gasteiger partial charge in [0.15, 0.2) is 11.7 Å². The smallest absolute Gasteiger partial charge is 0.367 e. The second kappa shape index (κ2) is 9.78. The van der Waals surface area contributed by atoms with Gasteiger partial charge in [0.1, 0.15) is 12.4 Å². The molecule has 2 rings (SSSR count). The summed E-state index contributed by atoms with van der Waals surface area (Å²) in [5.41, 5.74) is 0.509. The van der Waals surface area contributed by atoms with Gasteiger partial charge in [-0.3, -0.25) is 0 Å². The molecule has 2 aromatic carbocycles. The molecular weight excluding hydrogens is 382 g/mol. The van der Waals surface area contributed by atoms with Gasteiger partial charge in [-0.15, -0.1) is 0 Å². The Kier molecular flexibility index (Phi) is 7.69. The molecule has 0 fully saturated rings. The van der Waals surface area contributed by atoms with Crippen LogP contribution in [0.15, 0.2) is 42.5 Å². The zero-order chi connectivity index (χ0) is 20.7. The molecule has 28 heavy (non-hydrogen) atoms. The van der Waals surface area contributed by atoms with E-state index in [0.717, 1.165) is 43.0 Å². The number of hydrogen-bond donors (Lipinski definition) is 0. The largest absolute Gasteiger partial charge is 0.411 e. The van der Waals surface area contributed by atoms with Crippen LogP contribution in [-0.4, -0.2) is 12.8 Å². The number of aryl methyl sites for hydroxylation is 1. The van der Waals surface area contributed by atoms with Crippen LogP contribution in [0.3, 0.4) is 0 Å². The average molecular weight is 402 g/mol. The fourth-order valence-electron chi connectivity index (χ4n) is 2.53. The van der Waals surface area contributed by atoms with Gasteiger partial charge in [-0.1, -0.05) is 49.7 Å². The van der Waals surface area contributed by atoms with Gasteiger partial charge >= 0.3 is 6.18 Å². The van der Waals surface area contributed by atoms with Crippen molar-refractivity contribution in [3.05, 3.63) is 70.5 Å². The number of ether oxygens (including phenoxy) is 1. The Balaban J connectivity index is 2.13. The molecule has 0 radical (unpaired) electrons. The molecule has 0 spiro atoms. The molecule has 0 saturated carbocycles. The molecular formula is C21H20F6O. The molecule has 0 unspecified atom stereocenters. The predicted molar refractivity (Wildman–Crippen MR) is 96.2 cm³/mol. The van der Waals surface area contributed by atoms with Crippen molar-refractivity contribution in [3.63, 3.8) is 0 Å². The summed E-state index contributed by atoms with van der Waals surface area (Å²) in [6.45, 7) is -0.0942. The molecule has 0 bridgehead atoms. The Morgan fingerprint density at radius 3 is 2.11 bits per heavy atom. The molecule has 0 aliphatic rings. The molecule has 2 aromatic rings. The van der Waals surface area contributed by atoms with E-state index in [2.05, 4.69) is 11.7 Å². The van der Waals surface area contributed by atoms with Crippen molar-refractivity contribution in [2.75, 3.05) is 6.61 Å². The summed E-state index contributed by atoms with van der Waals surface area (Å²) >= 11 is 0. The minimum absolute atomic E-state index is 0.0238. The van der Waals surface area contributed by atoms with Gasteiger partial charge in [-0.25, -0.2) is 13.2 Å². The topological polar surface area (TPSA) is 9.23 Å². The lowest BCUT2D eigenvalue weighted by molar-refractivity contribution is -0.176. The fraction of sp³-hybridized carbons (Fsp3) is 0.333. The lowest BCUT2D eigenvalue weighted by Gasteiger charge is -2.09. The Labute approximate surface area is 159 Å². The number of unbranched alkanes of at least 4 members (excludes halogenated alkanes) is 1. The van der Waals surface area contributed by atoms with E-state index in [0.29, 0.717) is 0 Å². The van der Waals surface area contributed by atoms with Crippen molar-refractivity contribution in [3.8, 4) is 0 Å². The maximum Gasteiger partial charge on any atom is 0.411 e. The van der Waals surface area contributed by atoms with Crippen LogP contribution in [0.1, 0.15) is 42.0 Å². The van der Waals surface area contributed by atoms with Crippen molar-refractivity contribution in [1.82, 2.24) is 0 Å². The van der Waals surface area contributed by atoms with Gasteiger partial charge < -0.3 is 4.74 Å². The summed E-state index contributed by atoms with van der Waals surface area (Å²) < 4.78 is 83.3. The molecule has 7 heteroatoms. The molecule has 0 saturated heterocycles. The molecule has 0 aliphatic heterocycles. The van der Waals surface area contributed by atoms with Crippen molar-refractivity contribution in [1.29, 1.82) is 0 Å². The highest BCUT2D eigenvalue weighted by molar-refractivity contribution is 5.83. The first-order valence-corrected chi connectivity index (χ1v) is 8.79. The SMILES string of the molecule is CCCCc1ccc(/C(F)=C(/F)c2ccc(COCC(F)(F)F)c(F)c2)cc1. The number of alkyl halides is 3. The number of hydrogen-bond acceptors (Lipinski definition) is 1. The summed E-state index contributed by atoms with van der Waals surface area (Å²) in [6, 6.07) is 9.22. The van der Waals surface area contributed by atoms with E-state index in [-0.39, 0.29) is 16.7 Å². The zero-order valence-electron chi connectivity index (χ0n) is 15.3. The normalized spacial score (nSPS) is 12.8. The summed E-state index contributed by atoms with van der Waals surface area (Å²) in [5, 5.41) is 0. The monoisotopic (exact) mass is 402 g/mol. The third-order valence-electron chi connectivity index (χ3n) is 4.05. The minimum atomic E-state index is -4.53. The van der Waals surface area contributed by atoms with Crippen molar-refractivity contribution >= 4 is 11.7 Å². The van der Waals surface area contributed by atoms with Gasteiger partial charge in [0.25, 0.3) is 0 Å². The third-order valence-corrected chi connectivity index (χ3v) is 4.05. The summed E-state index contributed by atoms with van der Waals surface area (Å²) in [5.74, 6) is -3.36. The Bertz CT molecular complexity index is 809. The van der Waals surface area contributed by atoms with Gasteiger partial charge in [-0.05, 0) is 24.5 Å². The van der Waals surface area contributed by atoms with Crippen LogP contribution in [0.5, 0.6) is 0 Å². The van der Waals surface area contributed by atoms with Crippen LogP contribution in [0.4, 0.5) is 26.3 Å². The maximum atomic E-state index is 14.4. The number of benzene rings is 2. The Morgan fingerprint density at radius 2 is 1.54 bits per heavy atom. The molecule has 1 nitrogen and oxygen atoms in total. The summed E-state index contributed by atoms with van der Waals surface area (Å²) in [4.78, 5) is 0. The van der Waals surface area contributed by atoms with E-state index >= 15 is 0 Å². The first kappa shape index (κ1) is 22.0. The van der Waals surface area contributed by atoms with E-state index in [4.69, 9.17) is 0 Å². The van der Waals surface area contributed by atoms with Crippen LogP contribution in [-0.2, 0) is 17.8 Å². The highest BCUT2D eigenvalue weighted by Crippen LogP contribution is 2.30. The van der Waals surface area contributed by atoms with Crippen molar-refractivity contribution < 1.29 is 31.1 Å². The first-order valence-electron chi connectivity index (χ1n) is 8.79. The molecule has 0 heterocycles. The van der Waals surface area contributed by atoms with Gasteiger partial charge in [0.05, 0.1) is 6.61 Å². The number of halogens is 6. The van der Waals surface area contributed by atoms with Gasteiger partial charge in [0.2, 0.25) is 0 Å². The molecule has 0 amide bonds. The highest BCUT2D eigenvalue weighted by Gasteiger charge is 2.27. The van der Waals surface area contributed by atoms with Crippen LogP contribution in [0, 0.1) is 5.82 Å². The van der Waals surface area contributed by atoms with E-state index < -0.39 is 36.9 Å². The third kappa shape index (κ3) is 6.41. The van der Waals surface area contributed by atoms with Crippen molar-refractivity contribution in [2.45, 2.75) is 39.0 Å². The van der Waals surface area contributed by atoms with Crippen LogP contribution < -0.4 is 0 Å². The lowest BCUT2D eigenvalue weighted by atomic mass is 10.0. The standard InChI is InChI=1S/C21H20F6O/c1-2-3-4-14-5-7-15(8-6-14)19(23)20(24)16-9-10-17(18(22)11-16)12-28-13-21(25,26)27/h5-11H,2-4,12-13H2,1H3/b20-19-. The van der Waals surface area contributed by atoms with Crippen LogP contribution in [0.2, 0.25) is 0 Å². The van der Waals surface area contributed by atoms with Crippen LogP contribution in [0.25, 0.3) is 11.7 Å². The fourth-order valence-corrected chi connectivity index (χ4v) is 2.53. The van der Waals surface area contributed by atoms with Gasteiger partial charge in [-0.2, -0.15) is 13.2 Å². The quantitative estimate of drug-likeness (QED) is 0.341. The summed E-state index contributed by atoms with van der Waals surface area (Å²) in [7, 11) is 0. The van der Waals surface area contributed by atoms with E-state index in [9.17, 15) is 26.3 Å². The molecule has 0 N–H and O–H groups in total. The molecule has 0 aliphatic carbocycles. The lowest BCUT2D eigenvalue weighted by Crippen LogP contribution is -2.17. The van der Waals surface area contributed by atoms with E-state index in [1.54, 1.807) is 12.1 Å². The maximum absolute atomic E-state index is 14.4. The second-order valence-electron chi connectivity index (χ2n) is 6.34. The zero-order valence-corrected chi connectivity index (χ0v) is 15.3. The van der Waals surface area contributed by atoms with E-state index in [1.807, 2.05) is 0 Å². The molecule has 0 atom stereocenters. The first-order chi connectivity index (χ1) is 13.2. The summed E-state index contributed by atoms with van der Waals surface area (Å²) in [6.07, 6.45) is -1.67. The second-order valence-corrected chi connectivity index (χ2v) is 6.34. The highest BCUT2D eigenvalue weighted by atomic mass is 19.4. The Morgan fingerprint density at radius 1 is 0.929 bits per heavy atom. The van der Waals surface area contributed by atoms with E-state index in [1.165, 1.54) is 12.1 Å². The van der Waals surface area contributed by atoms with Gasteiger partial charge in [0, 0.05) is 16.7 Å². The molecule has 152 valence electrons. The van der Waals surface area contributed by atoms with Crippen molar-refractivity contribution in [2.24, 2.45) is 0 Å².